The van der Waals surface area contributed by atoms with Crippen molar-refractivity contribution in [3.05, 3.63) is 74.0 Å². The lowest BCUT2D eigenvalue weighted by Gasteiger charge is -2.10. The Labute approximate surface area is 210 Å². The van der Waals surface area contributed by atoms with Crippen LogP contribution in [0.1, 0.15) is 62.7 Å². The van der Waals surface area contributed by atoms with Crippen LogP contribution in [-0.2, 0) is 16.1 Å². The molecule has 0 spiro atoms. The topological polar surface area (TPSA) is 147 Å². The number of carbonyl (C=O) groups is 3. The standard InChI is InChI=1S/C24H24N2O9S/c1-5-32-24(29)20-14(4)19(23(28)34-13(2)3)22(36-20)25-21(27)18-11-10-15(35-18)12-33-17-9-7-6-8-16(17)26(30)31/h6-11,13H,5,12H2,1-4H3,(H,25,27). The number of thiophene rings is 1. The van der Waals surface area contributed by atoms with E-state index in [-0.39, 0.29) is 51.6 Å². The van der Waals surface area contributed by atoms with E-state index in [2.05, 4.69) is 5.32 Å². The van der Waals surface area contributed by atoms with Gasteiger partial charge in [-0.1, -0.05) is 12.1 Å². The van der Waals surface area contributed by atoms with Crippen LogP contribution < -0.4 is 10.1 Å². The normalized spacial score (nSPS) is 10.7. The first-order chi connectivity index (χ1) is 17.1. The van der Waals surface area contributed by atoms with Crippen LogP contribution in [0.4, 0.5) is 10.7 Å². The highest BCUT2D eigenvalue weighted by molar-refractivity contribution is 7.18. The molecule has 0 aliphatic heterocycles. The number of anilines is 1. The minimum atomic E-state index is -0.692. The number of furan rings is 1. The van der Waals surface area contributed by atoms with Gasteiger partial charge in [-0.05, 0) is 51.5 Å². The molecule has 0 saturated heterocycles. The van der Waals surface area contributed by atoms with Crippen molar-refractivity contribution in [2.45, 2.75) is 40.4 Å². The fourth-order valence-corrected chi connectivity index (χ4v) is 4.22. The molecule has 0 saturated carbocycles. The van der Waals surface area contributed by atoms with Crippen LogP contribution in [0.15, 0.2) is 40.8 Å². The van der Waals surface area contributed by atoms with E-state index in [1.807, 2.05) is 0 Å². The molecule has 0 unspecified atom stereocenters. The average molecular weight is 517 g/mol. The van der Waals surface area contributed by atoms with Gasteiger partial charge in [0.25, 0.3) is 5.91 Å². The van der Waals surface area contributed by atoms with Crippen molar-refractivity contribution in [2.75, 3.05) is 11.9 Å². The first kappa shape index (κ1) is 26.4. The number of rotatable bonds is 10. The van der Waals surface area contributed by atoms with Crippen molar-refractivity contribution in [3.8, 4) is 5.75 Å². The van der Waals surface area contributed by atoms with E-state index >= 15 is 0 Å². The number of nitro groups is 1. The van der Waals surface area contributed by atoms with Gasteiger partial charge in [-0.15, -0.1) is 11.3 Å². The molecule has 0 aliphatic rings. The van der Waals surface area contributed by atoms with E-state index in [0.717, 1.165) is 11.3 Å². The summed E-state index contributed by atoms with van der Waals surface area (Å²) in [4.78, 5) is 48.6. The third kappa shape index (κ3) is 6.08. The fourth-order valence-electron chi connectivity index (χ4n) is 3.13. The lowest BCUT2D eigenvalue weighted by atomic mass is 10.1. The summed E-state index contributed by atoms with van der Waals surface area (Å²) in [7, 11) is 0. The smallest absolute Gasteiger partial charge is 0.348 e. The molecule has 3 rings (SSSR count). The maximum atomic E-state index is 12.9. The van der Waals surface area contributed by atoms with Gasteiger partial charge in [-0.3, -0.25) is 14.9 Å². The summed E-state index contributed by atoms with van der Waals surface area (Å²) < 4.78 is 21.3. The number of nitrogens with one attached hydrogen (secondary N) is 1. The predicted molar refractivity (Wildman–Crippen MR) is 130 cm³/mol. The van der Waals surface area contributed by atoms with E-state index in [1.54, 1.807) is 33.8 Å². The second-order valence-corrected chi connectivity index (χ2v) is 8.69. The monoisotopic (exact) mass is 516 g/mol. The predicted octanol–water partition coefficient (Wildman–Crippen LogP) is 5.13. The largest absolute Gasteiger partial charge is 0.479 e. The zero-order valence-corrected chi connectivity index (χ0v) is 20.8. The second kappa shape index (κ2) is 11.5. The van der Waals surface area contributed by atoms with Gasteiger partial charge in [0.2, 0.25) is 0 Å². The summed E-state index contributed by atoms with van der Waals surface area (Å²) >= 11 is 0.894. The Bertz CT molecular complexity index is 1290. The van der Waals surface area contributed by atoms with E-state index in [1.165, 1.54) is 30.3 Å². The number of nitro benzene ring substituents is 1. The molecule has 1 aromatic carbocycles. The molecule has 0 atom stereocenters. The Morgan fingerprint density at radius 2 is 1.86 bits per heavy atom. The molecular formula is C24H24N2O9S. The lowest BCUT2D eigenvalue weighted by Crippen LogP contribution is -2.16. The summed E-state index contributed by atoms with van der Waals surface area (Å²) in [5.74, 6) is -1.79. The molecule has 0 fully saturated rings. The minimum absolute atomic E-state index is 0.0524. The van der Waals surface area contributed by atoms with Crippen LogP contribution in [0, 0.1) is 17.0 Å². The number of esters is 2. The number of ether oxygens (including phenoxy) is 3. The van der Waals surface area contributed by atoms with E-state index in [9.17, 15) is 24.5 Å². The molecule has 2 heterocycles. The van der Waals surface area contributed by atoms with Crippen LogP contribution in [-0.4, -0.2) is 35.5 Å². The molecule has 190 valence electrons. The highest BCUT2D eigenvalue weighted by Crippen LogP contribution is 2.35. The molecule has 0 aliphatic carbocycles. The maximum absolute atomic E-state index is 12.9. The molecule has 0 bridgehead atoms. The van der Waals surface area contributed by atoms with Crippen LogP contribution in [0.3, 0.4) is 0 Å². The quantitative estimate of drug-likeness (QED) is 0.220. The van der Waals surface area contributed by atoms with Crippen LogP contribution in [0.25, 0.3) is 0 Å². The summed E-state index contributed by atoms with van der Waals surface area (Å²) in [6.45, 7) is 6.58. The highest BCUT2D eigenvalue weighted by atomic mass is 32.1. The molecule has 36 heavy (non-hydrogen) atoms. The molecule has 1 amide bonds. The SMILES string of the molecule is CCOC(=O)c1sc(NC(=O)c2ccc(COc3ccccc3[N+](=O)[O-])o2)c(C(=O)OC(C)C)c1C. The molecule has 1 N–H and O–H groups in total. The number of para-hydroxylation sites is 2. The lowest BCUT2D eigenvalue weighted by molar-refractivity contribution is -0.386. The maximum Gasteiger partial charge on any atom is 0.348 e. The third-order valence-electron chi connectivity index (χ3n) is 4.70. The van der Waals surface area contributed by atoms with Gasteiger partial charge >= 0.3 is 17.6 Å². The first-order valence-electron chi connectivity index (χ1n) is 10.9. The average Bonchev–Trinajstić information content (AvgIpc) is 3.42. The van der Waals surface area contributed by atoms with Crippen molar-refractivity contribution in [3.63, 3.8) is 0 Å². The molecule has 2 aromatic heterocycles. The number of carbonyl (C=O) groups excluding carboxylic acids is 3. The molecule has 12 heteroatoms. The molecular weight excluding hydrogens is 492 g/mol. The van der Waals surface area contributed by atoms with E-state index in [4.69, 9.17) is 18.6 Å². The van der Waals surface area contributed by atoms with E-state index in [0.29, 0.717) is 5.56 Å². The zero-order chi connectivity index (χ0) is 26.4. The van der Waals surface area contributed by atoms with Crippen molar-refractivity contribution >= 4 is 39.9 Å². The zero-order valence-electron chi connectivity index (χ0n) is 20.0. The van der Waals surface area contributed by atoms with Crippen LogP contribution in [0.5, 0.6) is 5.75 Å². The summed E-state index contributed by atoms with van der Waals surface area (Å²) in [5, 5.41) is 13.8. The number of nitrogens with zero attached hydrogens (tertiary/aromatic N) is 1. The van der Waals surface area contributed by atoms with Crippen molar-refractivity contribution in [2.24, 2.45) is 0 Å². The molecule has 0 radical (unpaired) electrons. The molecule has 3 aromatic rings. The molecule has 11 nitrogen and oxygen atoms in total. The Hall–Kier alpha value is -4.19. The number of benzene rings is 1. The van der Waals surface area contributed by atoms with Crippen LogP contribution >= 0.6 is 11.3 Å². The van der Waals surface area contributed by atoms with Gasteiger partial charge in [-0.25, -0.2) is 9.59 Å². The van der Waals surface area contributed by atoms with Crippen molar-refractivity contribution in [1.82, 2.24) is 0 Å². The Kier molecular flexibility index (Phi) is 8.43. The van der Waals surface area contributed by atoms with Crippen molar-refractivity contribution < 1.29 is 37.9 Å². The van der Waals surface area contributed by atoms with Gasteiger partial charge in [-0.2, -0.15) is 0 Å². The Morgan fingerprint density at radius 3 is 2.53 bits per heavy atom. The first-order valence-corrected chi connectivity index (χ1v) is 11.7. The van der Waals surface area contributed by atoms with E-state index < -0.39 is 28.9 Å². The summed E-state index contributed by atoms with van der Waals surface area (Å²) in [6, 6.07) is 8.76. The Balaban J connectivity index is 1.79. The Morgan fingerprint density at radius 1 is 1.14 bits per heavy atom. The third-order valence-corrected chi connectivity index (χ3v) is 5.89. The van der Waals surface area contributed by atoms with Gasteiger partial charge in [0.15, 0.2) is 11.5 Å². The highest BCUT2D eigenvalue weighted by Gasteiger charge is 2.28. The van der Waals surface area contributed by atoms with Crippen molar-refractivity contribution in [1.29, 1.82) is 0 Å². The fraction of sp³-hybridized carbons (Fsp3) is 0.292. The summed E-state index contributed by atoms with van der Waals surface area (Å²) in [6.07, 6.45) is -0.417. The number of hydrogen-bond donors (Lipinski definition) is 1. The van der Waals surface area contributed by atoms with Gasteiger partial charge < -0.3 is 23.9 Å². The van der Waals surface area contributed by atoms with Gasteiger partial charge in [0.1, 0.15) is 22.2 Å². The summed E-state index contributed by atoms with van der Waals surface area (Å²) in [5.41, 5.74) is 0.183. The van der Waals surface area contributed by atoms with Gasteiger partial charge in [0, 0.05) is 6.07 Å². The van der Waals surface area contributed by atoms with Crippen LogP contribution in [0.2, 0.25) is 0 Å². The number of amides is 1. The second-order valence-electron chi connectivity index (χ2n) is 7.67. The van der Waals surface area contributed by atoms with Gasteiger partial charge in [0.05, 0.1) is 23.2 Å². The minimum Gasteiger partial charge on any atom is -0.479 e. The number of hydrogen-bond acceptors (Lipinski definition) is 10.